The second-order valence-electron chi connectivity index (χ2n) is 5.88. The van der Waals surface area contributed by atoms with Gasteiger partial charge in [0.25, 0.3) is 5.91 Å². The van der Waals surface area contributed by atoms with Crippen LogP contribution in [0.5, 0.6) is 5.75 Å². The molecule has 1 aliphatic carbocycles. The minimum absolute atomic E-state index is 0.256. The summed E-state index contributed by atoms with van der Waals surface area (Å²) in [5.74, 6) is 0.360. The van der Waals surface area contributed by atoms with Crippen molar-refractivity contribution >= 4 is 23.0 Å². The van der Waals surface area contributed by atoms with E-state index in [2.05, 4.69) is 10.4 Å². The van der Waals surface area contributed by atoms with Crippen molar-refractivity contribution in [1.82, 2.24) is 5.32 Å². The number of anilines is 1. The Hall–Kier alpha value is -3.67. The molecular weight excluding hydrogens is 340 g/mol. The molecule has 2 aromatic rings. The third-order valence-corrected chi connectivity index (χ3v) is 3.98. The van der Waals surface area contributed by atoms with Gasteiger partial charge in [0.2, 0.25) is 0 Å². The second kappa shape index (κ2) is 8.14. The molecule has 6 heteroatoms. The number of nitrogens with one attached hydrogen (secondary N) is 2. The highest BCUT2D eigenvalue weighted by Crippen LogP contribution is 2.15. The fourth-order valence-electron chi connectivity index (χ4n) is 2.52. The molecule has 1 amide bonds. The number of para-hydroxylation sites is 1. The van der Waals surface area contributed by atoms with E-state index in [9.17, 15) is 4.79 Å². The summed E-state index contributed by atoms with van der Waals surface area (Å²) >= 11 is 0. The van der Waals surface area contributed by atoms with Crippen molar-refractivity contribution in [2.75, 3.05) is 19.2 Å². The summed E-state index contributed by atoms with van der Waals surface area (Å²) in [6, 6.07) is 16.6. The number of allylic oxidation sites excluding steroid dienone is 3. The first kappa shape index (κ1) is 18.1. The molecule has 2 N–H and O–H groups in total. The molecule has 0 saturated heterocycles. The molecule has 0 heterocycles. The highest BCUT2D eigenvalue weighted by Gasteiger charge is 2.14. The number of carbonyl (C=O) groups excluding carboxylic acids is 1. The summed E-state index contributed by atoms with van der Waals surface area (Å²) < 4.78 is 5.15. The Morgan fingerprint density at radius 3 is 2.63 bits per heavy atom. The lowest BCUT2D eigenvalue weighted by Crippen LogP contribution is -2.26. The lowest BCUT2D eigenvalue weighted by molar-refractivity contribution is 0.0967. The number of methoxy groups -OCH3 is 1. The third-order valence-electron chi connectivity index (χ3n) is 3.98. The molecule has 0 bridgehead atoms. The molecule has 27 heavy (non-hydrogen) atoms. The van der Waals surface area contributed by atoms with Crippen LogP contribution in [-0.4, -0.2) is 31.5 Å². The van der Waals surface area contributed by atoms with Gasteiger partial charge in [-0.05, 0) is 48.6 Å². The van der Waals surface area contributed by atoms with Gasteiger partial charge in [0.05, 0.1) is 18.5 Å². The highest BCUT2D eigenvalue weighted by molar-refractivity contribution is 6.50. The molecule has 6 nitrogen and oxygen atoms in total. The van der Waals surface area contributed by atoms with Gasteiger partial charge < -0.3 is 10.1 Å². The summed E-state index contributed by atoms with van der Waals surface area (Å²) in [6.45, 7) is 0. The maximum absolute atomic E-state index is 12.5. The molecule has 2 aromatic carbocycles. The van der Waals surface area contributed by atoms with Gasteiger partial charge in [-0.15, -0.1) is 0 Å². The van der Waals surface area contributed by atoms with Crippen molar-refractivity contribution in [3.63, 3.8) is 0 Å². The van der Waals surface area contributed by atoms with Gasteiger partial charge in [0.1, 0.15) is 11.5 Å². The predicted octanol–water partition coefficient (Wildman–Crippen LogP) is 3.39. The summed E-state index contributed by atoms with van der Waals surface area (Å²) in [6.07, 6.45) is 4.97. The molecule has 0 fully saturated rings. The number of amides is 1. The minimum Gasteiger partial charge on any atom is -0.497 e. The number of carbonyl (C=O) groups is 1. The molecule has 136 valence electrons. The number of rotatable bonds is 5. The summed E-state index contributed by atoms with van der Waals surface area (Å²) in [5.41, 5.74) is 2.70. The molecule has 0 atom stereocenters. The predicted molar refractivity (Wildman–Crippen MR) is 108 cm³/mol. The van der Waals surface area contributed by atoms with Gasteiger partial charge in [-0.2, -0.15) is 5.10 Å². The Morgan fingerprint density at radius 2 is 1.89 bits per heavy atom. The first-order chi connectivity index (χ1) is 13.1. The number of hydrogen-bond donors (Lipinski definition) is 2. The largest absolute Gasteiger partial charge is 0.497 e. The van der Waals surface area contributed by atoms with E-state index in [4.69, 9.17) is 10.1 Å². The lowest BCUT2D eigenvalue weighted by atomic mass is 10.1. The van der Waals surface area contributed by atoms with Gasteiger partial charge in [0, 0.05) is 18.3 Å². The normalized spacial score (nSPS) is 14.7. The average Bonchev–Trinajstić information content (AvgIpc) is 2.71. The Balaban J connectivity index is 1.78. The van der Waals surface area contributed by atoms with Crippen LogP contribution >= 0.6 is 0 Å². The maximum Gasteiger partial charge on any atom is 0.255 e. The number of hydrazone groups is 1. The van der Waals surface area contributed by atoms with E-state index in [0.29, 0.717) is 22.7 Å². The molecule has 0 spiro atoms. The Labute approximate surface area is 158 Å². The fourth-order valence-corrected chi connectivity index (χ4v) is 2.52. The number of benzene rings is 2. The van der Waals surface area contributed by atoms with Gasteiger partial charge in [-0.25, -0.2) is 0 Å². The van der Waals surface area contributed by atoms with E-state index >= 15 is 0 Å². The van der Waals surface area contributed by atoms with E-state index in [-0.39, 0.29) is 11.6 Å². The van der Waals surface area contributed by atoms with Gasteiger partial charge in [-0.3, -0.25) is 15.2 Å². The SMILES string of the molecule is COc1cccc(C(=O)NC2=CC(=NN(C)c3ccccc3)C(=N)C=C2)c1. The van der Waals surface area contributed by atoms with E-state index in [1.54, 1.807) is 54.6 Å². The van der Waals surface area contributed by atoms with Crippen LogP contribution in [-0.2, 0) is 0 Å². The zero-order valence-corrected chi connectivity index (χ0v) is 15.1. The molecule has 0 aliphatic heterocycles. The maximum atomic E-state index is 12.5. The van der Waals surface area contributed by atoms with Crippen molar-refractivity contribution < 1.29 is 9.53 Å². The molecule has 0 radical (unpaired) electrons. The van der Waals surface area contributed by atoms with E-state index in [0.717, 1.165) is 5.69 Å². The molecule has 0 unspecified atom stereocenters. The monoisotopic (exact) mass is 360 g/mol. The van der Waals surface area contributed by atoms with Crippen molar-refractivity contribution in [3.05, 3.63) is 84.1 Å². The fraction of sp³-hybridized carbons (Fsp3) is 0.0952. The average molecular weight is 360 g/mol. The van der Waals surface area contributed by atoms with Crippen LogP contribution in [0.3, 0.4) is 0 Å². The summed E-state index contributed by atoms with van der Waals surface area (Å²) in [7, 11) is 3.37. The van der Waals surface area contributed by atoms with Crippen molar-refractivity contribution in [1.29, 1.82) is 5.41 Å². The Bertz CT molecular complexity index is 946. The highest BCUT2D eigenvalue weighted by atomic mass is 16.5. The zero-order chi connectivity index (χ0) is 19.2. The van der Waals surface area contributed by atoms with Crippen molar-refractivity contribution in [2.24, 2.45) is 5.10 Å². The van der Waals surface area contributed by atoms with Crippen LogP contribution < -0.4 is 15.1 Å². The van der Waals surface area contributed by atoms with E-state index in [1.807, 2.05) is 37.4 Å². The van der Waals surface area contributed by atoms with Crippen LogP contribution in [0.1, 0.15) is 10.4 Å². The van der Waals surface area contributed by atoms with Crippen LogP contribution in [0.25, 0.3) is 0 Å². The molecule has 0 aromatic heterocycles. The van der Waals surface area contributed by atoms with Gasteiger partial charge in [0.15, 0.2) is 0 Å². The number of ether oxygens (including phenoxy) is 1. The molecule has 1 aliphatic rings. The quantitative estimate of drug-likeness (QED) is 0.634. The first-order valence-electron chi connectivity index (χ1n) is 8.38. The number of nitrogens with zero attached hydrogens (tertiary/aromatic N) is 2. The topological polar surface area (TPSA) is 77.8 Å². The van der Waals surface area contributed by atoms with Crippen molar-refractivity contribution in [2.45, 2.75) is 0 Å². The standard InChI is InChI=1S/C21H20N4O2/c1-25(17-8-4-3-5-9-17)24-20-14-16(11-12-19(20)22)23-21(26)15-7-6-10-18(13-15)27-2/h3-14,22H,1-2H3,(H,23,26). The van der Waals surface area contributed by atoms with Crippen LogP contribution in [0.4, 0.5) is 5.69 Å². The third kappa shape index (κ3) is 4.49. The van der Waals surface area contributed by atoms with Crippen molar-refractivity contribution in [3.8, 4) is 5.75 Å². The Kier molecular flexibility index (Phi) is 5.47. The molecule has 0 saturated carbocycles. The smallest absolute Gasteiger partial charge is 0.255 e. The molecular formula is C21H20N4O2. The second-order valence-corrected chi connectivity index (χ2v) is 5.88. The van der Waals surface area contributed by atoms with Gasteiger partial charge >= 0.3 is 0 Å². The Morgan fingerprint density at radius 1 is 1.11 bits per heavy atom. The van der Waals surface area contributed by atoms with Gasteiger partial charge in [-0.1, -0.05) is 24.3 Å². The first-order valence-corrected chi connectivity index (χ1v) is 8.38. The van der Waals surface area contributed by atoms with Crippen LogP contribution in [0.2, 0.25) is 0 Å². The van der Waals surface area contributed by atoms with Crippen LogP contribution in [0.15, 0.2) is 83.6 Å². The zero-order valence-electron chi connectivity index (χ0n) is 15.1. The summed E-state index contributed by atoms with van der Waals surface area (Å²) in [5, 5.41) is 17.1. The number of hydrogen-bond acceptors (Lipinski definition) is 5. The van der Waals surface area contributed by atoms with Crippen LogP contribution in [0, 0.1) is 5.41 Å². The summed E-state index contributed by atoms with van der Waals surface area (Å²) in [4.78, 5) is 12.5. The molecule has 3 rings (SSSR count). The minimum atomic E-state index is -0.256. The lowest BCUT2D eigenvalue weighted by Gasteiger charge is -2.17. The van der Waals surface area contributed by atoms with E-state index < -0.39 is 0 Å². The van der Waals surface area contributed by atoms with E-state index in [1.165, 1.54) is 0 Å².